The lowest BCUT2D eigenvalue weighted by atomic mass is 9.44. The Balaban J connectivity index is 1.36. The van der Waals surface area contributed by atoms with Crippen LogP contribution in [0, 0.1) is 16.7 Å². The number of Topliss-reactive ketones (excluding diaryl/α,β-unsaturated/α-hetero) is 1. The maximum atomic E-state index is 16.2. The van der Waals surface area contributed by atoms with Crippen LogP contribution in [0.3, 0.4) is 0 Å². The van der Waals surface area contributed by atoms with Crippen LogP contribution in [0.1, 0.15) is 92.3 Å². The molecule has 16 atom stereocenters. The number of hydrogen-bond acceptors (Lipinski definition) is 21. The van der Waals surface area contributed by atoms with Gasteiger partial charge in [-0.25, -0.2) is 14.4 Å². The van der Waals surface area contributed by atoms with Crippen molar-refractivity contribution in [2.75, 3.05) is 19.8 Å². The zero-order chi connectivity index (χ0) is 55.2. The molecular formula is C53H69NO21. The number of fused-ring (bicyclic) bond motifs is 5. The normalized spacial score (nSPS) is 34.9. The van der Waals surface area contributed by atoms with E-state index in [1.165, 1.54) is 13.8 Å². The first-order chi connectivity index (χ1) is 35.1. The Morgan fingerprint density at radius 2 is 1.51 bits per heavy atom. The van der Waals surface area contributed by atoms with Crippen LogP contribution in [0.2, 0.25) is 0 Å². The molecule has 7 rings (SSSR count). The lowest BCUT2D eigenvalue weighted by molar-refractivity contribution is -0.352. The van der Waals surface area contributed by atoms with Crippen molar-refractivity contribution in [2.24, 2.45) is 16.7 Å². The zero-order valence-corrected chi connectivity index (χ0v) is 43.3. The summed E-state index contributed by atoms with van der Waals surface area (Å²) in [6.45, 7) is 10.8. The van der Waals surface area contributed by atoms with E-state index < -0.39 is 162 Å². The van der Waals surface area contributed by atoms with Gasteiger partial charge in [-0.05, 0) is 56.9 Å². The first-order valence-corrected chi connectivity index (χ1v) is 24.8. The van der Waals surface area contributed by atoms with E-state index >= 15 is 4.79 Å². The third kappa shape index (κ3) is 11.0. The largest absolute Gasteiger partial charge is 0.459 e. The molecule has 22 heteroatoms. The van der Waals surface area contributed by atoms with Crippen LogP contribution in [-0.2, 0) is 73.2 Å². The Labute approximate surface area is 433 Å². The minimum atomic E-state index is -2.35. The molecule has 2 aromatic rings. The topological polar surface area (TPSA) is 319 Å². The summed E-state index contributed by atoms with van der Waals surface area (Å²) >= 11 is 0. The number of carbonyl (C=O) groups excluding carboxylic acids is 6. The van der Waals surface area contributed by atoms with Crippen LogP contribution in [-0.4, -0.2) is 170 Å². The van der Waals surface area contributed by atoms with E-state index in [2.05, 4.69) is 5.32 Å². The quantitative estimate of drug-likeness (QED) is 0.0756. The molecule has 1 unspecified atom stereocenters. The Morgan fingerprint density at radius 1 is 0.867 bits per heavy atom. The Kier molecular flexibility index (Phi) is 16.7. The van der Waals surface area contributed by atoms with Gasteiger partial charge in [-0.1, -0.05) is 74.5 Å². The number of esters is 4. The van der Waals surface area contributed by atoms with Crippen molar-refractivity contribution >= 4 is 35.8 Å². The van der Waals surface area contributed by atoms with Gasteiger partial charge in [0.05, 0.1) is 37.4 Å². The van der Waals surface area contributed by atoms with Gasteiger partial charge < -0.3 is 78.6 Å². The van der Waals surface area contributed by atoms with E-state index in [0.717, 1.165) is 13.8 Å². The van der Waals surface area contributed by atoms with Crippen LogP contribution >= 0.6 is 0 Å². The van der Waals surface area contributed by atoms with Gasteiger partial charge >= 0.3 is 30.0 Å². The average Bonchev–Trinajstić information content (AvgIpc) is 3.33. The van der Waals surface area contributed by atoms with Crippen LogP contribution in [0.15, 0.2) is 71.8 Å². The van der Waals surface area contributed by atoms with Crippen LogP contribution < -0.4 is 5.32 Å². The number of aliphatic hydroxyl groups excluding tert-OH is 5. The highest BCUT2D eigenvalue weighted by Gasteiger charge is 2.78. The highest BCUT2D eigenvalue weighted by molar-refractivity contribution is 5.95. The minimum absolute atomic E-state index is 0.0345. The number of ketones is 1. The van der Waals surface area contributed by atoms with Crippen molar-refractivity contribution in [3.05, 3.63) is 82.9 Å². The minimum Gasteiger partial charge on any atom is -0.459 e. The first kappa shape index (κ1) is 57.3. The van der Waals surface area contributed by atoms with Crippen molar-refractivity contribution in [3.63, 3.8) is 0 Å². The van der Waals surface area contributed by atoms with Gasteiger partial charge in [-0.15, -0.1) is 0 Å². The summed E-state index contributed by atoms with van der Waals surface area (Å²) in [5.41, 5.74) is -8.00. The van der Waals surface area contributed by atoms with Crippen LogP contribution in [0.25, 0.3) is 0 Å². The highest BCUT2D eigenvalue weighted by Crippen LogP contribution is 2.65. The number of hydrogen-bond donors (Lipinski definition) is 7. The van der Waals surface area contributed by atoms with Gasteiger partial charge in [0, 0.05) is 38.0 Å². The molecule has 2 saturated heterocycles. The van der Waals surface area contributed by atoms with Gasteiger partial charge in [0.1, 0.15) is 60.5 Å². The average molecular weight is 1060 g/mol. The summed E-state index contributed by atoms with van der Waals surface area (Å²) in [4.78, 5) is 84.7. The molecule has 412 valence electrons. The van der Waals surface area contributed by atoms with Gasteiger partial charge in [-0.2, -0.15) is 0 Å². The second-order valence-electron chi connectivity index (χ2n) is 21.7. The molecule has 22 nitrogen and oxygen atoms in total. The SMILES string of the molecule is CC(=O)O[C@H]1C(=O)[C@]2(C)[C@@H](OC(=O)COC3O[C@H](CO)[C@@H](O)[C@@H](O)[C@@H]3O)C[C@H]3OC[C@@]3(OC(C)=O)[C@H]2[C@H](OCc2ccccc2)[C@]2(O)C[C@H](OC(=O)[C@H](O)[C@@H](NC(=O)OC(C)(C)C)c3ccccc3)C(C)=C1C2(C)C. The maximum absolute atomic E-state index is 16.2. The molecule has 1 amide bonds. The first-order valence-electron chi connectivity index (χ1n) is 24.8. The van der Waals surface area contributed by atoms with E-state index in [0.29, 0.717) is 11.1 Å². The lowest BCUT2D eigenvalue weighted by Gasteiger charge is -2.68. The third-order valence-electron chi connectivity index (χ3n) is 15.3. The van der Waals surface area contributed by atoms with Crippen molar-refractivity contribution in [3.8, 4) is 0 Å². The summed E-state index contributed by atoms with van der Waals surface area (Å²) < 4.78 is 53.9. The zero-order valence-electron chi connectivity index (χ0n) is 43.3. The number of alkyl carbamates (subject to hydrolysis) is 1. The number of rotatable bonds is 15. The molecule has 5 aliphatic rings. The smallest absolute Gasteiger partial charge is 0.408 e. The summed E-state index contributed by atoms with van der Waals surface area (Å²) in [6.07, 6.45) is -20.4. The van der Waals surface area contributed by atoms with Gasteiger partial charge in [-0.3, -0.25) is 14.4 Å². The molecule has 2 aliphatic heterocycles. The monoisotopic (exact) mass is 1060 g/mol. The second kappa shape index (κ2) is 21.9. The molecule has 75 heavy (non-hydrogen) atoms. The Bertz CT molecular complexity index is 2480. The van der Waals surface area contributed by atoms with Crippen molar-refractivity contribution in [1.29, 1.82) is 0 Å². The Morgan fingerprint density at radius 3 is 2.08 bits per heavy atom. The summed E-state index contributed by atoms with van der Waals surface area (Å²) in [5, 5.41) is 69.5. The lowest BCUT2D eigenvalue weighted by Crippen LogP contribution is -2.82. The number of carbonyl (C=O) groups is 6. The molecule has 2 saturated carbocycles. The highest BCUT2D eigenvalue weighted by atomic mass is 16.7. The molecule has 7 N–H and O–H groups in total. The van der Waals surface area contributed by atoms with Crippen molar-refractivity contribution in [2.45, 2.75) is 172 Å². The second-order valence-corrected chi connectivity index (χ2v) is 21.7. The molecule has 4 fully saturated rings. The standard InChI is InChI=1S/C53H69NO21/c1-26-31(71-46(64)39(60)37(30-18-14-11-15-19-30)54-48(65)75-49(4,5)6)21-53(66)45(67-23-29-16-12-10-13-17-29)43-51(9,44(63)42(70-27(2)56)36(26)50(53,7)8)33(20-34-52(43,25-69-34)74-28(3)57)73-35(58)24-68-47-41(62)40(61)38(59)32(22-55)72-47/h10-19,31-34,37-43,45,47,55,59-62,66H,20-25H2,1-9H3,(H,54,65)/t31-,32+,33-,34+,37-,38+,39+,40+,41-,42+,43-,45-,47?,51+,52-,53+/m0/s1. The number of benzene rings is 2. The number of aliphatic hydroxyl groups is 6. The van der Waals surface area contributed by atoms with Crippen LogP contribution in [0.5, 0.6) is 0 Å². The van der Waals surface area contributed by atoms with Crippen molar-refractivity contribution in [1.82, 2.24) is 5.32 Å². The molecule has 0 aromatic heterocycles. The number of nitrogens with one attached hydrogen (secondary N) is 1. The van der Waals surface area contributed by atoms with Crippen LogP contribution in [0.4, 0.5) is 4.79 Å². The molecule has 2 aromatic carbocycles. The fraction of sp³-hybridized carbons (Fsp3) is 0.623. The summed E-state index contributed by atoms with van der Waals surface area (Å²) in [6, 6.07) is 15.4. The predicted octanol–water partition coefficient (Wildman–Crippen LogP) is 1.56. The Hall–Kier alpha value is -5.40. The van der Waals surface area contributed by atoms with E-state index in [1.54, 1.807) is 95.3 Å². The number of amides is 1. The predicted molar refractivity (Wildman–Crippen MR) is 256 cm³/mol. The molecule has 0 spiro atoms. The van der Waals surface area contributed by atoms with E-state index in [9.17, 15) is 54.6 Å². The third-order valence-corrected chi connectivity index (χ3v) is 15.3. The molecule has 2 bridgehead atoms. The van der Waals surface area contributed by atoms with Crippen molar-refractivity contribution < 1.29 is 102 Å². The van der Waals surface area contributed by atoms with Gasteiger partial charge in [0.25, 0.3) is 0 Å². The fourth-order valence-corrected chi connectivity index (χ4v) is 11.6. The number of ether oxygens (including phenoxy) is 9. The van der Waals surface area contributed by atoms with E-state index in [1.807, 2.05) is 0 Å². The van der Waals surface area contributed by atoms with E-state index in [4.69, 9.17) is 42.6 Å². The molecule has 2 heterocycles. The van der Waals surface area contributed by atoms with Gasteiger partial charge in [0.2, 0.25) is 0 Å². The summed E-state index contributed by atoms with van der Waals surface area (Å²) in [7, 11) is 0. The fourth-order valence-electron chi connectivity index (χ4n) is 11.6. The summed E-state index contributed by atoms with van der Waals surface area (Å²) in [5.74, 6) is -6.69. The molecule has 3 aliphatic carbocycles. The molecule has 0 radical (unpaired) electrons. The van der Waals surface area contributed by atoms with E-state index in [-0.39, 0.29) is 30.8 Å². The molecular weight excluding hydrogens is 987 g/mol. The maximum Gasteiger partial charge on any atom is 0.408 e. The van der Waals surface area contributed by atoms with Gasteiger partial charge in [0.15, 0.2) is 29.9 Å².